The lowest BCUT2D eigenvalue weighted by Gasteiger charge is -1.88. The van der Waals surface area contributed by atoms with Crippen molar-refractivity contribution < 1.29 is 0 Å². The van der Waals surface area contributed by atoms with Crippen LogP contribution in [0.15, 0.2) is 4.79 Å². The van der Waals surface area contributed by atoms with Crippen molar-refractivity contribution >= 4 is 23.4 Å². The maximum Gasteiger partial charge on any atom is 0.279 e. The second-order valence-corrected chi connectivity index (χ2v) is 2.73. The van der Waals surface area contributed by atoms with E-state index in [4.69, 9.17) is 12.2 Å². The molecule has 0 aliphatic carbocycles. The Bertz CT molecular complexity index is 534. The molecule has 0 amide bonds. The fraction of sp³-hybridized carbons (Fsp3) is 0.200. The number of aromatic amines is 2. The van der Waals surface area contributed by atoms with Gasteiger partial charge in [0.15, 0.2) is 15.9 Å². The van der Waals surface area contributed by atoms with E-state index in [2.05, 4.69) is 20.3 Å². The molecule has 12 heavy (non-hydrogen) atoms. The molecule has 0 radical (unpaired) electrons. The molecule has 6 nitrogen and oxygen atoms in total. The molecular formula is C5H5N5OS. The summed E-state index contributed by atoms with van der Waals surface area (Å²) in [5.74, 6) is 0. The molecular weight excluding hydrogens is 178 g/mol. The zero-order chi connectivity index (χ0) is 8.72. The molecule has 62 valence electrons. The molecule has 2 N–H and O–H groups in total. The van der Waals surface area contributed by atoms with E-state index in [0.29, 0.717) is 11.2 Å². The van der Waals surface area contributed by atoms with Crippen LogP contribution in [0, 0.1) is 4.77 Å². The van der Waals surface area contributed by atoms with E-state index in [1.807, 2.05) is 0 Å². The summed E-state index contributed by atoms with van der Waals surface area (Å²) in [7, 11) is 1.64. The highest BCUT2D eigenvalue weighted by Gasteiger charge is 2.04. The van der Waals surface area contributed by atoms with Gasteiger partial charge >= 0.3 is 0 Å². The minimum Gasteiger partial charge on any atom is -0.314 e. The normalized spacial score (nSPS) is 10.8. The number of hydrogen-bond acceptors (Lipinski definition) is 4. The predicted octanol–water partition coefficient (Wildman–Crippen LogP) is -0.286. The van der Waals surface area contributed by atoms with Crippen molar-refractivity contribution in [2.45, 2.75) is 0 Å². The van der Waals surface area contributed by atoms with E-state index in [1.165, 1.54) is 4.68 Å². The van der Waals surface area contributed by atoms with Crippen molar-refractivity contribution in [3.8, 4) is 0 Å². The molecule has 0 aliphatic heterocycles. The zero-order valence-electron chi connectivity index (χ0n) is 6.16. The number of fused-ring (bicyclic) bond motifs is 1. The van der Waals surface area contributed by atoms with Crippen LogP contribution in [-0.4, -0.2) is 25.0 Å². The first-order valence-electron chi connectivity index (χ1n) is 3.20. The lowest BCUT2D eigenvalue weighted by atomic mass is 10.5. The second kappa shape index (κ2) is 2.24. The molecule has 0 atom stereocenters. The Hall–Kier alpha value is -1.50. The first kappa shape index (κ1) is 7.17. The molecule has 0 saturated heterocycles. The van der Waals surface area contributed by atoms with Gasteiger partial charge in [-0.2, -0.15) is 0 Å². The number of nitrogens with one attached hydrogen (secondary N) is 2. The molecule has 0 aromatic carbocycles. The highest BCUT2D eigenvalue weighted by Crippen LogP contribution is 1.97. The van der Waals surface area contributed by atoms with Crippen LogP contribution in [0.3, 0.4) is 0 Å². The number of aryl methyl sites for hydroxylation is 1. The minimum absolute atomic E-state index is 0.257. The smallest absolute Gasteiger partial charge is 0.279 e. The summed E-state index contributed by atoms with van der Waals surface area (Å²) in [6.45, 7) is 0. The van der Waals surface area contributed by atoms with Crippen LogP contribution in [0.1, 0.15) is 0 Å². The van der Waals surface area contributed by atoms with Gasteiger partial charge in [0.25, 0.3) is 5.56 Å². The fourth-order valence-corrected chi connectivity index (χ4v) is 1.19. The minimum atomic E-state index is -0.277. The molecule has 0 fully saturated rings. The van der Waals surface area contributed by atoms with Crippen LogP contribution in [-0.2, 0) is 7.05 Å². The summed E-state index contributed by atoms with van der Waals surface area (Å²) in [4.78, 5) is 16.4. The Kier molecular flexibility index (Phi) is 1.34. The van der Waals surface area contributed by atoms with E-state index in [9.17, 15) is 4.79 Å². The Balaban J connectivity index is 3.13. The first-order chi connectivity index (χ1) is 5.68. The Labute approximate surface area is 71.2 Å². The Morgan fingerprint density at radius 3 is 3.00 bits per heavy atom. The molecule has 2 aromatic heterocycles. The fourth-order valence-electron chi connectivity index (χ4n) is 0.997. The van der Waals surface area contributed by atoms with E-state index < -0.39 is 0 Å². The van der Waals surface area contributed by atoms with Gasteiger partial charge in [0, 0.05) is 7.05 Å². The Morgan fingerprint density at radius 2 is 2.25 bits per heavy atom. The number of H-pyrrole nitrogens is 2. The third-order valence-corrected chi connectivity index (χ3v) is 1.70. The molecule has 7 heteroatoms. The molecule has 0 bridgehead atoms. The first-order valence-corrected chi connectivity index (χ1v) is 3.61. The number of hydrogen-bond donors (Lipinski definition) is 2. The molecule has 0 spiro atoms. The van der Waals surface area contributed by atoms with E-state index in [-0.39, 0.29) is 10.3 Å². The van der Waals surface area contributed by atoms with Crippen molar-refractivity contribution in [1.29, 1.82) is 0 Å². The topological polar surface area (TPSA) is 79.4 Å². The van der Waals surface area contributed by atoms with Gasteiger partial charge in [0.2, 0.25) is 0 Å². The van der Waals surface area contributed by atoms with Gasteiger partial charge in [-0.15, -0.1) is 5.10 Å². The Morgan fingerprint density at radius 1 is 1.50 bits per heavy atom. The average Bonchev–Trinajstić information content (AvgIpc) is 2.31. The van der Waals surface area contributed by atoms with Crippen molar-refractivity contribution in [3.63, 3.8) is 0 Å². The van der Waals surface area contributed by atoms with Gasteiger partial charge in [-0.3, -0.25) is 9.78 Å². The summed E-state index contributed by atoms with van der Waals surface area (Å²) in [5.41, 5.74) is 0.524. The van der Waals surface area contributed by atoms with Gasteiger partial charge in [0.05, 0.1) is 0 Å². The van der Waals surface area contributed by atoms with Crippen LogP contribution in [0.25, 0.3) is 11.2 Å². The molecule has 0 aliphatic rings. The monoisotopic (exact) mass is 183 g/mol. The van der Waals surface area contributed by atoms with E-state index in [1.54, 1.807) is 7.05 Å². The maximum absolute atomic E-state index is 11.2. The van der Waals surface area contributed by atoms with E-state index in [0.717, 1.165) is 0 Å². The quantitative estimate of drug-likeness (QED) is 0.550. The molecule has 2 heterocycles. The average molecular weight is 183 g/mol. The van der Waals surface area contributed by atoms with Crippen LogP contribution in [0.4, 0.5) is 0 Å². The lowest BCUT2D eigenvalue weighted by molar-refractivity contribution is 0.733. The lowest BCUT2D eigenvalue weighted by Crippen LogP contribution is -2.10. The van der Waals surface area contributed by atoms with E-state index >= 15 is 0 Å². The van der Waals surface area contributed by atoms with Gasteiger partial charge in [-0.05, 0) is 12.2 Å². The molecule has 0 saturated carbocycles. The number of rotatable bonds is 0. The standard InChI is InChI=1S/C5H5N5OS/c1-10-2-3(8-9-10)6-5(12)7-4(2)11/h1H3,(H2,6,7,11,12). The summed E-state index contributed by atoms with van der Waals surface area (Å²) in [6, 6.07) is 0. The van der Waals surface area contributed by atoms with Crippen molar-refractivity contribution in [2.75, 3.05) is 0 Å². The van der Waals surface area contributed by atoms with Crippen LogP contribution in [0.2, 0.25) is 0 Å². The van der Waals surface area contributed by atoms with Gasteiger partial charge < -0.3 is 4.98 Å². The predicted molar refractivity (Wildman–Crippen MR) is 44.3 cm³/mol. The van der Waals surface area contributed by atoms with Crippen molar-refractivity contribution in [3.05, 3.63) is 15.1 Å². The van der Waals surface area contributed by atoms with Crippen molar-refractivity contribution in [2.24, 2.45) is 7.05 Å². The SMILES string of the molecule is Cn1nnc2[nH]c(=S)[nH]c(=O)c21. The summed E-state index contributed by atoms with van der Waals surface area (Å²) < 4.78 is 1.65. The summed E-state index contributed by atoms with van der Waals surface area (Å²) in [6.07, 6.45) is 0. The van der Waals surface area contributed by atoms with Crippen LogP contribution < -0.4 is 5.56 Å². The van der Waals surface area contributed by atoms with Gasteiger partial charge in [0.1, 0.15) is 0 Å². The highest BCUT2D eigenvalue weighted by atomic mass is 32.1. The largest absolute Gasteiger partial charge is 0.314 e. The maximum atomic E-state index is 11.2. The van der Waals surface area contributed by atoms with Gasteiger partial charge in [-0.1, -0.05) is 5.21 Å². The zero-order valence-corrected chi connectivity index (χ0v) is 6.97. The second-order valence-electron chi connectivity index (χ2n) is 2.32. The number of nitrogens with zero attached hydrogens (tertiary/aromatic N) is 3. The molecule has 2 rings (SSSR count). The third-order valence-electron chi connectivity index (χ3n) is 1.50. The van der Waals surface area contributed by atoms with Gasteiger partial charge in [-0.25, -0.2) is 4.68 Å². The van der Waals surface area contributed by atoms with Crippen LogP contribution in [0.5, 0.6) is 0 Å². The molecule has 0 unspecified atom stereocenters. The molecule has 2 aromatic rings. The summed E-state index contributed by atoms with van der Waals surface area (Å²) in [5, 5.41) is 7.38. The van der Waals surface area contributed by atoms with Crippen molar-refractivity contribution in [1.82, 2.24) is 25.0 Å². The van der Waals surface area contributed by atoms with Crippen LogP contribution >= 0.6 is 12.2 Å². The summed E-state index contributed by atoms with van der Waals surface area (Å²) >= 11 is 4.75. The highest BCUT2D eigenvalue weighted by molar-refractivity contribution is 7.71. The number of aromatic nitrogens is 5. The third kappa shape index (κ3) is 0.866.